The molecule has 2 N–H and O–H groups in total. The lowest BCUT2D eigenvalue weighted by Gasteiger charge is -2.14. The van der Waals surface area contributed by atoms with Crippen molar-refractivity contribution in [1.82, 2.24) is 9.99 Å². The van der Waals surface area contributed by atoms with Crippen molar-refractivity contribution in [1.29, 1.82) is 0 Å². The molecule has 0 spiro atoms. The first-order valence-electron chi connectivity index (χ1n) is 10.2. The summed E-state index contributed by atoms with van der Waals surface area (Å²) < 4.78 is 1.81. The molecule has 32 heavy (non-hydrogen) atoms. The second kappa shape index (κ2) is 8.00. The highest BCUT2D eigenvalue weighted by Crippen LogP contribution is 2.25. The summed E-state index contributed by atoms with van der Waals surface area (Å²) in [6.45, 7) is -0.0137. The quantitative estimate of drug-likeness (QED) is 0.260. The molecule has 0 bridgehead atoms. The first kappa shape index (κ1) is 19.5. The summed E-state index contributed by atoms with van der Waals surface area (Å²) in [4.78, 5) is 25.6. The minimum atomic E-state index is -0.347. The summed E-state index contributed by atoms with van der Waals surface area (Å²) in [7, 11) is 0. The van der Waals surface area contributed by atoms with Crippen LogP contribution in [0, 0.1) is 0 Å². The number of para-hydroxylation sites is 2. The van der Waals surface area contributed by atoms with Gasteiger partial charge in [-0.25, -0.2) is 5.43 Å². The number of nitrogens with one attached hydrogen (secondary N) is 1. The van der Waals surface area contributed by atoms with E-state index < -0.39 is 0 Å². The minimum absolute atomic E-state index is 0.0137. The number of rotatable bonds is 4. The Labute approximate surface area is 183 Å². The van der Waals surface area contributed by atoms with Gasteiger partial charge in [0.05, 0.1) is 17.2 Å². The van der Waals surface area contributed by atoms with Gasteiger partial charge in [-0.2, -0.15) is 5.10 Å². The number of phenolic OH excluding ortho intramolecular Hbond substituents is 1. The van der Waals surface area contributed by atoms with Crippen molar-refractivity contribution in [2.45, 2.75) is 6.54 Å². The number of aromatic hydroxyl groups is 1. The van der Waals surface area contributed by atoms with Crippen LogP contribution in [0.3, 0.4) is 0 Å². The molecule has 1 heterocycles. The summed E-state index contributed by atoms with van der Waals surface area (Å²) in [6.07, 6.45) is 1.44. The van der Waals surface area contributed by atoms with Gasteiger partial charge in [0.15, 0.2) is 5.43 Å². The molecule has 0 saturated carbocycles. The van der Waals surface area contributed by atoms with Gasteiger partial charge in [-0.1, -0.05) is 54.6 Å². The van der Waals surface area contributed by atoms with Gasteiger partial charge in [-0.05, 0) is 41.1 Å². The third kappa shape index (κ3) is 3.37. The van der Waals surface area contributed by atoms with E-state index in [0.717, 1.165) is 10.8 Å². The Bertz CT molecular complexity index is 1520. The van der Waals surface area contributed by atoms with E-state index in [9.17, 15) is 14.7 Å². The molecule has 0 aliphatic carbocycles. The highest BCUT2D eigenvalue weighted by Gasteiger charge is 2.12. The van der Waals surface area contributed by atoms with Crippen LogP contribution in [-0.2, 0) is 11.3 Å². The van der Waals surface area contributed by atoms with Crippen molar-refractivity contribution >= 4 is 44.7 Å². The zero-order valence-corrected chi connectivity index (χ0v) is 17.0. The Morgan fingerprint density at radius 3 is 2.12 bits per heavy atom. The number of hydrazone groups is 1. The Balaban J connectivity index is 1.47. The van der Waals surface area contributed by atoms with Gasteiger partial charge >= 0.3 is 0 Å². The number of hydrogen-bond acceptors (Lipinski definition) is 4. The molecule has 1 amide bonds. The number of amides is 1. The fraction of sp³-hybridized carbons (Fsp3) is 0.0385. The highest BCUT2D eigenvalue weighted by molar-refractivity contribution is 6.02. The van der Waals surface area contributed by atoms with E-state index in [1.807, 2.05) is 71.3 Å². The van der Waals surface area contributed by atoms with Gasteiger partial charge in [0.1, 0.15) is 12.3 Å². The zero-order valence-electron chi connectivity index (χ0n) is 17.0. The molecular weight excluding hydrogens is 402 g/mol. The predicted molar refractivity (Wildman–Crippen MR) is 127 cm³/mol. The molecule has 0 aliphatic heterocycles. The molecule has 5 aromatic rings. The lowest BCUT2D eigenvalue weighted by Crippen LogP contribution is -2.25. The van der Waals surface area contributed by atoms with Crippen LogP contribution in [0.15, 0.2) is 94.8 Å². The number of carbonyl (C=O) groups excluding carboxylic acids is 1. The molecule has 0 aliphatic rings. The van der Waals surface area contributed by atoms with E-state index in [-0.39, 0.29) is 23.6 Å². The van der Waals surface area contributed by atoms with Gasteiger partial charge < -0.3 is 9.67 Å². The van der Waals surface area contributed by atoms with Crippen LogP contribution in [0.4, 0.5) is 0 Å². The first-order valence-corrected chi connectivity index (χ1v) is 10.2. The van der Waals surface area contributed by atoms with E-state index in [1.54, 1.807) is 18.2 Å². The molecule has 0 unspecified atom stereocenters. The number of phenols is 1. The molecular formula is C26H19N3O3. The number of pyridine rings is 1. The molecule has 5 rings (SSSR count). The monoisotopic (exact) mass is 421 g/mol. The summed E-state index contributed by atoms with van der Waals surface area (Å²) in [6, 6.07) is 25.5. The lowest BCUT2D eigenvalue weighted by molar-refractivity contribution is -0.121. The maximum Gasteiger partial charge on any atom is 0.260 e. The maximum absolute atomic E-state index is 12.8. The Morgan fingerprint density at radius 1 is 0.844 bits per heavy atom. The SMILES string of the molecule is O=C(Cn1c2ccccc2c(=O)c2ccccc21)N/N=C\c1c(O)ccc2ccccc12. The van der Waals surface area contributed by atoms with E-state index >= 15 is 0 Å². The third-order valence-corrected chi connectivity index (χ3v) is 5.51. The second-order valence-electron chi connectivity index (χ2n) is 7.46. The Kier molecular flexibility index (Phi) is 4.88. The van der Waals surface area contributed by atoms with Crippen LogP contribution < -0.4 is 10.9 Å². The fourth-order valence-corrected chi connectivity index (χ4v) is 4.01. The molecule has 1 aromatic heterocycles. The van der Waals surface area contributed by atoms with Crippen LogP contribution >= 0.6 is 0 Å². The molecule has 0 radical (unpaired) electrons. The largest absolute Gasteiger partial charge is 0.507 e. The number of aromatic nitrogens is 1. The molecule has 6 heteroatoms. The van der Waals surface area contributed by atoms with Gasteiger partial charge in [-0.15, -0.1) is 0 Å². The maximum atomic E-state index is 12.8. The van der Waals surface area contributed by atoms with Gasteiger partial charge in [-0.3, -0.25) is 9.59 Å². The van der Waals surface area contributed by atoms with Crippen molar-refractivity contribution in [3.8, 4) is 5.75 Å². The smallest absolute Gasteiger partial charge is 0.260 e. The minimum Gasteiger partial charge on any atom is -0.507 e. The van der Waals surface area contributed by atoms with E-state index in [2.05, 4.69) is 10.5 Å². The second-order valence-corrected chi connectivity index (χ2v) is 7.46. The van der Waals surface area contributed by atoms with Crippen molar-refractivity contribution in [3.05, 3.63) is 101 Å². The fourth-order valence-electron chi connectivity index (χ4n) is 4.01. The van der Waals surface area contributed by atoms with E-state index in [0.29, 0.717) is 27.4 Å². The van der Waals surface area contributed by atoms with Crippen molar-refractivity contribution < 1.29 is 9.90 Å². The predicted octanol–water partition coefficient (Wildman–Crippen LogP) is 4.16. The van der Waals surface area contributed by atoms with Crippen LogP contribution in [-0.4, -0.2) is 21.8 Å². The third-order valence-electron chi connectivity index (χ3n) is 5.51. The van der Waals surface area contributed by atoms with Crippen LogP contribution in [0.2, 0.25) is 0 Å². The average molecular weight is 421 g/mol. The summed E-state index contributed by atoms with van der Waals surface area (Å²) in [5.41, 5.74) is 4.37. The standard InChI is InChI=1S/C26H19N3O3/c30-24-14-13-17-7-1-2-8-18(17)21(24)15-27-28-25(31)16-29-22-11-5-3-9-19(22)26(32)20-10-4-6-12-23(20)29/h1-15,30H,16H2,(H,28,31)/b27-15-. The molecule has 4 aromatic carbocycles. The topological polar surface area (TPSA) is 83.7 Å². The molecule has 156 valence electrons. The summed E-state index contributed by atoms with van der Waals surface area (Å²) >= 11 is 0. The Morgan fingerprint density at radius 2 is 1.44 bits per heavy atom. The number of fused-ring (bicyclic) bond motifs is 3. The van der Waals surface area contributed by atoms with Crippen LogP contribution in [0.1, 0.15) is 5.56 Å². The van der Waals surface area contributed by atoms with Crippen molar-refractivity contribution in [2.75, 3.05) is 0 Å². The number of benzene rings is 4. The van der Waals surface area contributed by atoms with Crippen molar-refractivity contribution in [3.63, 3.8) is 0 Å². The number of nitrogens with zero attached hydrogens (tertiary/aromatic N) is 2. The molecule has 0 atom stereocenters. The zero-order chi connectivity index (χ0) is 22.1. The molecule has 6 nitrogen and oxygen atoms in total. The Hall–Kier alpha value is -4.45. The van der Waals surface area contributed by atoms with Crippen LogP contribution in [0.25, 0.3) is 32.6 Å². The number of carbonyl (C=O) groups is 1. The summed E-state index contributed by atoms with van der Waals surface area (Å²) in [5, 5.41) is 17.2. The number of hydrogen-bond donors (Lipinski definition) is 2. The molecule has 0 saturated heterocycles. The van der Waals surface area contributed by atoms with E-state index in [4.69, 9.17) is 0 Å². The lowest BCUT2D eigenvalue weighted by atomic mass is 10.0. The first-order chi connectivity index (χ1) is 15.6. The van der Waals surface area contributed by atoms with Crippen molar-refractivity contribution in [2.24, 2.45) is 5.10 Å². The van der Waals surface area contributed by atoms with E-state index in [1.165, 1.54) is 6.21 Å². The van der Waals surface area contributed by atoms with Gasteiger partial charge in [0, 0.05) is 16.3 Å². The normalized spacial score (nSPS) is 11.5. The molecule has 0 fully saturated rings. The highest BCUT2D eigenvalue weighted by atomic mass is 16.3. The van der Waals surface area contributed by atoms with Crippen LogP contribution in [0.5, 0.6) is 5.75 Å². The van der Waals surface area contributed by atoms with Gasteiger partial charge in [0.25, 0.3) is 5.91 Å². The van der Waals surface area contributed by atoms with Gasteiger partial charge in [0.2, 0.25) is 0 Å². The average Bonchev–Trinajstić information content (AvgIpc) is 2.83. The summed E-state index contributed by atoms with van der Waals surface area (Å²) in [5.74, 6) is -0.265.